The van der Waals surface area contributed by atoms with Gasteiger partial charge < -0.3 is 10.4 Å². The zero-order valence-corrected chi connectivity index (χ0v) is 11.0. The van der Waals surface area contributed by atoms with E-state index >= 15 is 0 Å². The van der Waals surface area contributed by atoms with E-state index in [4.69, 9.17) is 5.11 Å². The van der Waals surface area contributed by atoms with Gasteiger partial charge in [-0.1, -0.05) is 12.2 Å². The van der Waals surface area contributed by atoms with Gasteiger partial charge >= 0.3 is 5.97 Å². The number of carbonyl (C=O) groups excluding carboxylic acids is 1. The molecule has 0 saturated heterocycles. The number of nitrogens with zero attached hydrogens (tertiary/aromatic N) is 2. The fourth-order valence-corrected chi connectivity index (χ4v) is 2.20. The van der Waals surface area contributed by atoms with E-state index in [1.165, 1.54) is 0 Å². The van der Waals surface area contributed by atoms with Crippen molar-refractivity contribution in [1.82, 2.24) is 15.1 Å². The molecule has 2 atom stereocenters. The van der Waals surface area contributed by atoms with Crippen molar-refractivity contribution >= 4 is 11.9 Å². The average molecular weight is 263 g/mol. The number of amides is 1. The van der Waals surface area contributed by atoms with E-state index in [-0.39, 0.29) is 11.9 Å². The molecule has 2 rings (SSSR count). The Morgan fingerprint density at radius 1 is 1.53 bits per heavy atom. The van der Waals surface area contributed by atoms with Crippen LogP contribution < -0.4 is 5.32 Å². The highest BCUT2D eigenvalue weighted by molar-refractivity contribution is 5.93. The molecule has 2 unspecified atom stereocenters. The maximum atomic E-state index is 12.1. The molecule has 1 aliphatic carbocycles. The third kappa shape index (κ3) is 2.83. The van der Waals surface area contributed by atoms with Gasteiger partial charge in [-0.3, -0.25) is 14.3 Å². The number of nitrogens with one attached hydrogen (secondary N) is 1. The summed E-state index contributed by atoms with van der Waals surface area (Å²) in [4.78, 5) is 22.9. The van der Waals surface area contributed by atoms with Gasteiger partial charge in [0.15, 0.2) is 0 Å². The van der Waals surface area contributed by atoms with Gasteiger partial charge in [0.25, 0.3) is 5.91 Å². The number of aliphatic carboxylic acids is 1. The van der Waals surface area contributed by atoms with Gasteiger partial charge in [0.2, 0.25) is 0 Å². The molecule has 102 valence electrons. The van der Waals surface area contributed by atoms with Crippen LogP contribution in [0.2, 0.25) is 0 Å². The summed E-state index contributed by atoms with van der Waals surface area (Å²) < 4.78 is 1.64. The zero-order chi connectivity index (χ0) is 14.0. The van der Waals surface area contributed by atoms with Crippen LogP contribution in [0.3, 0.4) is 0 Å². The number of carboxylic acids is 1. The first-order valence-electron chi connectivity index (χ1n) is 6.27. The average Bonchev–Trinajstić information content (AvgIpc) is 2.95. The summed E-state index contributed by atoms with van der Waals surface area (Å²) in [7, 11) is 0. The van der Waals surface area contributed by atoms with Crippen molar-refractivity contribution in [2.75, 3.05) is 0 Å². The highest BCUT2D eigenvalue weighted by Crippen LogP contribution is 2.18. The number of rotatable bonds is 4. The normalized spacial score (nSPS) is 21.6. The van der Waals surface area contributed by atoms with Crippen molar-refractivity contribution in [2.45, 2.75) is 32.9 Å². The van der Waals surface area contributed by atoms with Crippen LogP contribution >= 0.6 is 0 Å². The third-order valence-electron chi connectivity index (χ3n) is 3.15. The highest BCUT2D eigenvalue weighted by atomic mass is 16.4. The lowest BCUT2D eigenvalue weighted by molar-refractivity contribution is -0.140. The van der Waals surface area contributed by atoms with Crippen molar-refractivity contribution in [1.29, 1.82) is 0 Å². The van der Waals surface area contributed by atoms with Crippen LogP contribution in [0.25, 0.3) is 0 Å². The van der Waals surface area contributed by atoms with Crippen molar-refractivity contribution in [3.63, 3.8) is 0 Å². The summed E-state index contributed by atoms with van der Waals surface area (Å²) >= 11 is 0. The summed E-state index contributed by atoms with van der Waals surface area (Å²) in [5, 5.41) is 15.9. The molecular weight excluding hydrogens is 246 g/mol. The highest BCUT2D eigenvalue weighted by Gasteiger charge is 2.26. The maximum Gasteiger partial charge on any atom is 0.310 e. The smallest absolute Gasteiger partial charge is 0.310 e. The van der Waals surface area contributed by atoms with E-state index in [2.05, 4.69) is 10.4 Å². The maximum absolute atomic E-state index is 12.1. The number of aryl methyl sites for hydroxylation is 2. The minimum Gasteiger partial charge on any atom is -0.481 e. The van der Waals surface area contributed by atoms with Crippen LogP contribution in [0.4, 0.5) is 0 Å². The van der Waals surface area contributed by atoms with Crippen LogP contribution in [0.1, 0.15) is 29.5 Å². The number of carbonyl (C=O) groups is 2. The van der Waals surface area contributed by atoms with Crippen molar-refractivity contribution in [2.24, 2.45) is 5.92 Å². The molecule has 0 saturated carbocycles. The molecule has 1 aromatic rings. The molecule has 1 amide bonds. The molecule has 2 N–H and O–H groups in total. The van der Waals surface area contributed by atoms with Crippen LogP contribution in [-0.4, -0.2) is 32.8 Å². The SMILES string of the molecule is CCn1nc(C)cc1C(=O)NC1C=CC(C(=O)O)C1. The van der Waals surface area contributed by atoms with E-state index in [0.717, 1.165) is 5.69 Å². The first-order chi connectivity index (χ1) is 9.01. The van der Waals surface area contributed by atoms with Gasteiger partial charge in [-0.2, -0.15) is 5.10 Å². The Morgan fingerprint density at radius 2 is 2.26 bits per heavy atom. The number of aromatic nitrogens is 2. The van der Waals surface area contributed by atoms with Gasteiger partial charge in [0.05, 0.1) is 11.6 Å². The quantitative estimate of drug-likeness (QED) is 0.793. The molecular formula is C13H17N3O3. The minimum atomic E-state index is -0.859. The van der Waals surface area contributed by atoms with Gasteiger partial charge in [-0.25, -0.2) is 0 Å². The van der Waals surface area contributed by atoms with Gasteiger partial charge in [-0.05, 0) is 26.3 Å². The van der Waals surface area contributed by atoms with Crippen LogP contribution in [0.15, 0.2) is 18.2 Å². The Balaban J connectivity index is 2.02. The lowest BCUT2D eigenvalue weighted by Gasteiger charge is -2.12. The third-order valence-corrected chi connectivity index (χ3v) is 3.15. The molecule has 19 heavy (non-hydrogen) atoms. The second kappa shape index (κ2) is 5.26. The van der Waals surface area contributed by atoms with Crippen LogP contribution in [0.5, 0.6) is 0 Å². The van der Waals surface area contributed by atoms with Gasteiger partial charge in [0, 0.05) is 12.6 Å². The van der Waals surface area contributed by atoms with Crippen molar-refractivity contribution < 1.29 is 14.7 Å². The fourth-order valence-electron chi connectivity index (χ4n) is 2.20. The topological polar surface area (TPSA) is 84.2 Å². The lowest BCUT2D eigenvalue weighted by Crippen LogP contribution is -2.34. The molecule has 0 radical (unpaired) electrons. The Bertz CT molecular complexity index is 533. The van der Waals surface area contributed by atoms with Gasteiger partial charge in [-0.15, -0.1) is 0 Å². The van der Waals surface area contributed by atoms with Crippen LogP contribution in [-0.2, 0) is 11.3 Å². The number of carboxylic acid groups (broad SMARTS) is 1. The minimum absolute atomic E-state index is 0.219. The monoisotopic (exact) mass is 263 g/mol. The van der Waals surface area contributed by atoms with E-state index in [1.54, 1.807) is 22.9 Å². The zero-order valence-electron chi connectivity index (χ0n) is 11.0. The molecule has 1 aliphatic rings. The summed E-state index contributed by atoms with van der Waals surface area (Å²) in [6.07, 6.45) is 3.76. The molecule has 6 nitrogen and oxygen atoms in total. The summed E-state index contributed by atoms with van der Waals surface area (Å²) in [5.74, 6) is -1.59. The molecule has 0 fully saturated rings. The van der Waals surface area contributed by atoms with Crippen LogP contribution in [0, 0.1) is 12.8 Å². The molecule has 1 heterocycles. The second-order valence-corrected chi connectivity index (χ2v) is 4.63. The first kappa shape index (κ1) is 13.3. The van der Waals surface area contributed by atoms with Gasteiger partial charge in [0.1, 0.15) is 5.69 Å². The molecule has 6 heteroatoms. The first-order valence-corrected chi connectivity index (χ1v) is 6.27. The standard InChI is InChI=1S/C13H17N3O3/c1-3-16-11(6-8(2)15-16)12(17)14-10-5-4-9(7-10)13(18)19/h4-6,9-10H,3,7H2,1-2H3,(H,14,17)(H,18,19). The van der Waals surface area contributed by atoms with E-state index in [0.29, 0.717) is 18.7 Å². The van der Waals surface area contributed by atoms with Crippen molar-refractivity contribution in [3.8, 4) is 0 Å². The predicted molar refractivity (Wildman–Crippen MR) is 68.8 cm³/mol. The summed E-state index contributed by atoms with van der Waals surface area (Å²) in [6, 6.07) is 1.50. The molecule has 0 aliphatic heterocycles. The van der Waals surface area contributed by atoms with Crippen molar-refractivity contribution in [3.05, 3.63) is 29.6 Å². The fraction of sp³-hybridized carbons (Fsp3) is 0.462. The summed E-state index contributed by atoms with van der Waals surface area (Å²) in [5.41, 5.74) is 1.30. The molecule has 0 spiro atoms. The Hall–Kier alpha value is -2.11. The molecule has 0 bridgehead atoms. The van der Waals surface area contributed by atoms with E-state index < -0.39 is 11.9 Å². The number of hydrogen-bond acceptors (Lipinski definition) is 3. The van der Waals surface area contributed by atoms with E-state index in [9.17, 15) is 9.59 Å². The Morgan fingerprint density at radius 3 is 2.84 bits per heavy atom. The second-order valence-electron chi connectivity index (χ2n) is 4.63. The Kier molecular flexibility index (Phi) is 3.69. The largest absolute Gasteiger partial charge is 0.481 e. The lowest BCUT2D eigenvalue weighted by atomic mass is 10.1. The summed E-state index contributed by atoms with van der Waals surface area (Å²) in [6.45, 7) is 4.37. The Labute approximate surface area is 111 Å². The predicted octanol–water partition coefficient (Wildman–Crippen LogP) is 0.971. The molecule has 1 aromatic heterocycles. The molecule has 0 aromatic carbocycles. The number of hydrogen-bond donors (Lipinski definition) is 2. The van der Waals surface area contributed by atoms with E-state index in [1.807, 2.05) is 13.8 Å².